The first kappa shape index (κ1) is 33.6. The van der Waals surface area contributed by atoms with E-state index in [4.69, 9.17) is 27.9 Å². The molecule has 1 unspecified atom stereocenters. The Labute approximate surface area is 260 Å². The number of aryl methyl sites for hydroxylation is 1. The van der Waals surface area contributed by atoms with Crippen LogP contribution in [0.3, 0.4) is 0 Å². The first-order chi connectivity index (χ1) is 20.2. The molecule has 0 heterocycles. The van der Waals surface area contributed by atoms with Crippen LogP contribution in [0, 0.1) is 17.0 Å². The molecule has 3 rings (SSSR count). The van der Waals surface area contributed by atoms with E-state index in [1.807, 2.05) is 0 Å². The van der Waals surface area contributed by atoms with Crippen LogP contribution in [0.25, 0.3) is 0 Å². The van der Waals surface area contributed by atoms with Crippen LogP contribution in [-0.4, -0.2) is 55.8 Å². The highest BCUT2D eigenvalue weighted by Crippen LogP contribution is 2.36. The molecule has 0 saturated heterocycles. The summed E-state index contributed by atoms with van der Waals surface area (Å²) >= 11 is 12.6. The summed E-state index contributed by atoms with van der Waals surface area (Å²) in [5.74, 6) is -1.14. The number of halogens is 2. The van der Waals surface area contributed by atoms with Gasteiger partial charge in [0.05, 0.1) is 22.6 Å². The predicted octanol–water partition coefficient (Wildman–Crippen LogP) is 5.36. The zero-order valence-corrected chi connectivity index (χ0v) is 26.5. The van der Waals surface area contributed by atoms with Gasteiger partial charge in [-0.3, -0.25) is 24.0 Å². The second-order valence-corrected chi connectivity index (χ2v) is 12.7. The normalized spacial score (nSPS) is 12.0. The zero-order chi connectivity index (χ0) is 32.1. The highest BCUT2D eigenvalue weighted by molar-refractivity contribution is 7.92. The van der Waals surface area contributed by atoms with Gasteiger partial charge < -0.3 is 15.0 Å². The number of carbonyl (C=O) groups is 2. The Hall–Kier alpha value is -3.87. The molecule has 0 radical (unpaired) electrons. The average molecular weight is 652 g/mol. The van der Waals surface area contributed by atoms with Crippen LogP contribution in [0.1, 0.15) is 31.9 Å². The fourth-order valence-corrected chi connectivity index (χ4v) is 6.04. The van der Waals surface area contributed by atoms with E-state index in [9.17, 15) is 28.1 Å². The van der Waals surface area contributed by atoms with Crippen molar-refractivity contribution in [1.82, 2.24) is 10.2 Å². The second kappa shape index (κ2) is 14.1. The molecule has 2 amide bonds. The van der Waals surface area contributed by atoms with E-state index in [-0.39, 0.29) is 34.6 Å². The number of nitrogens with zero attached hydrogens (tertiary/aromatic N) is 3. The van der Waals surface area contributed by atoms with Gasteiger partial charge in [0.1, 0.15) is 18.3 Å². The third-order valence-corrected chi connectivity index (χ3v) is 8.91. The number of nitrogens with one attached hydrogen (secondary N) is 1. The van der Waals surface area contributed by atoms with Crippen LogP contribution in [0.4, 0.5) is 11.4 Å². The van der Waals surface area contributed by atoms with Gasteiger partial charge in [0.15, 0.2) is 0 Å². The number of amides is 2. The molecule has 230 valence electrons. The summed E-state index contributed by atoms with van der Waals surface area (Å²) in [4.78, 5) is 38.9. The van der Waals surface area contributed by atoms with Crippen LogP contribution in [0.2, 0.25) is 10.0 Å². The predicted molar refractivity (Wildman–Crippen MR) is 165 cm³/mol. The number of carbonyl (C=O) groups excluding carboxylic acids is 2. The molecule has 0 aromatic heterocycles. The molecule has 0 spiro atoms. The molecule has 0 bridgehead atoms. The molecule has 0 saturated carbocycles. The second-order valence-electron chi connectivity index (χ2n) is 9.99. The monoisotopic (exact) mass is 650 g/mol. The lowest BCUT2D eigenvalue weighted by Crippen LogP contribution is -2.52. The van der Waals surface area contributed by atoms with E-state index in [2.05, 4.69) is 5.32 Å². The SMILES string of the molecule is COc1ccc(Cl)cc1N(CC(=O)N(Cc1ccccc1Cl)C(C)C(=O)NC(C)C)S(=O)(=O)c1ccc(C)c([N+](=O)[O-])c1. The van der Waals surface area contributed by atoms with Gasteiger partial charge in [-0.2, -0.15) is 0 Å². The highest BCUT2D eigenvalue weighted by atomic mass is 35.5. The van der Waals surface area contributed by atoms with Gasteiger partial charge >= 0.3 is 0 Å². The van der Waals surface area contributed by atoms with Crippen molar-refractivity contribution in [3.8, 4) is 5.75 Å². The number of sulfonamides is 1. The topological polar surface area (TPSA) is 139 Å². The van der Waals surface area contributed by atoms with Gasteiger partial charge in [0, 0.05) is 34.3 Å². The van der Waals surface area contributed by atoms with E-state index in [0.29, 0.717) is 10.6 Å². The lowest BCUT2D eigenvalue weighted by Gasteiger charge is -2.32. The van der Waals surface area contributed by atoms with E-state index < -0.39 is 49.9 Å². The van der Waals surface area contributed by atoms with Crippen molar-refractivity contribution in [2.24, 2.45) is 0 Å². The first-order valence-corrected chi connectivity index (χ1v) is 15.3. The minimum absolute atomic E-state index is 0.0747. The van der Waals surface area contributed by atoms with Gasteiger partial charge in [0.25, 0.3) is 15.7 Å². The van der Waals surface area contributed by atoms with E-state index >= 15 is 0 Å². The van der Waals surface area contributed by atoms with Crippen molar-refractivity contribution < 1.29 is 27.7 Å². The lowest BCUT2D eigenvalue weighted by molar-refractivity contribution is -0.385. The minimum atomic E-state index is -4.63. The molecule has 0 fully saturated rings. The number of ether oxygens (including phenoxy) is 1. The number of rotatable bonds is 12. The summed E-state index contributed by atoms with van der Waals surface area (Å²) in [5.41, 5.74) is 0.293. The number of nitro groups is 1. The fourth-order valence-electron chi connectivity index (χ4n) is 4.24. The van der Waals surface area contributed by atoms with Crippen molar-refractivity contribution in [3.05, 3.63) is 92.0 Å². The maximum Gasteiger partial charge on any atom is 0.273 e. The lowest BCUT2D eigenvalue weighted by atomic mass is 10.1. The minimum Gasteiger partial charge on any atom is -0.495 e. The van der Waals surface area contributed by atoms with Crippen LogP contribution in [0.15, 0.2) is 65.6 Å². The van der Waals surface area contributed by atoms with Gasteiger partial charge in [-0.1, -0.05) is 47.5 Å². The number of hydrogen-bond acceptors (Lipinski definition) is 7. The standard InChI is InChI=1S/C29H32Cl2N4O7S/c1-18(2)32-29(37)20(4)33(16-21-8-6-7-9-24(21)31)28(36)17-34(26-14-22(30)11-13-27(26)42-5)43(40,41)23-12-10-19(3)25(15-23)35(38)39/h6-15,18,20H,16-17H2,1-5H3,(H,32,37). The summed E-state index contributed by atoms with van der Waals surface area (Å²) in [6.07, 6.45) is 0. The molecule has 0 aliphatic rings. The third kappa shape index (κ3) is 7.95. The largest absolute Gasteiger partial charge is 0.495 e. The zero-order valence-electron chi connectivity index (χ0n) is 24.2. The van der Waals surface area contributed by atoms with Crippen molar-refractivity contribution >= 4 is 56.4 Å². The quantitative estimate of drug-likeness (QED) is 0.206. The summed E-state index contributed by atoms with van der Waals surface area (Å²) in [6.45, 7) is 5.63. The van der Waals surface area contributed by atoms with Crippen LogP contribution < -0.4 is 14.4 Å². The Morgan fingerprint density at radius 2 is 1.72 bits per heavy atom. The van der Waals surface area contributed by atoms with Gasteiger partial charge in [-0.05, 0) is 63.6 Å². The maximum absolute atomic E-state index is 14.2. The molecule has 1 N–H and O–H groups in total. The number of benzene rings is 3. The molecule has 43 heavy (non-hydrogen) atoms. The fraction of sp³-hybridized carbons (Fsp3) is 0.310. The molecule has 11 nitrogen and oxygen atoms in total. The Kier molecular flexibility index (Phi) is 11.0. The van der Waals surface area contributed by atoms with Crippen molar-refractivity contribution in [1.29, 1.82) is 0 Å². The Morgan fingerprint density at radius 1 is 1.05 bits per heavy atom. The Bertz CT molecular complexity index is 1630. The van der Waals surface area contributed by atoms with E-state index in [0.717, 1.165) is 10.4 Å². The molecule has 0 aliphatic carbocycles. The van der Waals surface area contributed by atoms with Gasteiger partial charge in [0.2, 0.25) is 11.8 Å². The molecular weight excluding hydrogens is 619 g/mol. The molecular formula is C29H32Cl2N4O7S. The number of methoxy groups -OCH3 is 1. The van der Waals surface area contributed by atoms with Crippen LogP contribution in [-0.2, 0) is 26.2 Å². The summed E-state index contributed by atoms with van der Waals surface area (Å²) in [7, 11) is -3.32. The molecule has 3 aromatic rings. The molecule has 1 atom stereocenters. The Morgan fingerprint density at radius 3 is 2.33 bits per heavy atom. The van der Waals surface area contributed by atoms with Crippen LogP contribution in [0.5, 0.6) is 5.75 Å². The molecule has 3 aromatic carbocycles. The Balaban J connectivity index is 2.18. The summed E-state index contributed by atoms with van der Waals surface area (Å²) < 4.78 is 34.5. The highest BCUT2D eigenvalue weighted by Gasteiger charge is 2.35. The molecule has 14 heteroatoms. The number of anilines is 1. The third-order valence-electron chi connectivity index (χ3n) is 6.55. The van der Waals surface area contributed by atoms with E-state index in [1.165, 1.54) is 56.2 Å². The van der Waals surface area contributed by atoms with Gasteiger partial charge in [-0.15, -0.1) is 0 Å². The van der Waals surface area contributed by atoms with Crippen molar-refractivity contribution in [3.63, 3.8) is 0 Å². The number of nitro benzene ring substituents is 1. The first-order valence-electron chi connectivity index (χ1n) is 13.1. The van der Waals surface area contributed by atoms with Crippen LogP contribution >= 0.6 is 23.2 Å². The van der Waals surface area contributed by atoms with E-state index in [1.54, 1.807) is 38.1 Å². The molecule has 0 aliphatic heterocycles. The van der Waals surface area contributed by atoms with Gasteiger partial charge in [-0.25, -0.2) is 8.42 Å². The smallest absolute Gasteiger partial charge is 0.273 e. The maximum atomic E-state index is 14.2. The summed E-state index contributed by atoms with van der Waals surface area (Å²) in [5, 5.41) is 14.9. The average Bonchev–Trinajstić information content (AvgIpc) is 2.94. The summed E-state index contributed by atoms with van der Waals surface area (Å²) in [6, 6.07) is 13.2. The van der Waals surface area contributed by atoms with Crippen molar-refractivity contribution in [2.45, 2.75) is 51.2 Å². The number of hydrogen-bond donors (Lipinski definition) is 1. The van der Waals surface area contributed by atoms with Crippen molar-refractivity contribution in [2.75, 3.05) is 18.0 Å².